The first-order chi connectivity index (χ1) is 4.20. The van der Waals surface area contributed by atoms with Crippen LogP contribution in [0.2, 0.25) is 0 Å². The fourth-order valence-electron chi connectivity index (χ4n) is 0.237. The molecule has 0 heterocycles. The second-order valence-corrected chi connectivity index (χ2v) is 3.29. The van der Waals surface area contributed by atoms with Gasteiger partial charge in [0.2, 0.25) is 0 Å². The van der Waals surface area contributed by atoms with Crippen molar-refractivity contribution in [3.8, 4) is 0 Å². The van der Waals surface area contributed by atoms with Gasteiger partial charge in [-0.3, -0.25) is 4.99 Å². The molecule has 0 atom stereocenters. The average Bonchev–Trinajstić information content (AvgIpc) is 1.87. The lowest BCUT2D eigenvalue weighted by Crippen LogP contribution is -1.76. The number of nitrogens with zero attached hydrogens (tertiary/aromatic N) is 1. The van der Waals surface area contributed by atoms with Crippen LogP contribution >= 0.6 is 23.4 Å². The molecule has 9 heavy (non-hydrogen) atoms. The summed E-state index contributed by atoms with van der Waals surface area (Å²) >= 11 is 7.09. The fraction of sp³-hybridized carbons (Fsp3) is 0.500. The quantitative estimate of drug-likeness (QED) is 0.428. The standard InChI is InChI=1S/C6H10ClNS/c1-4-5(2)9-6(7)8-3/h4H,1-3H3/b5-4-,8-6?. The molecule has 0 amide bonds. The summed E-state index contributed by atoms with van der Waals surface area (Å²) < 4.78 is 0.589. The molecule has 0 fully saturated rings. The Morgan fingerprint density at radius 1 is 1.67 bits per heavy atom. The van der Waals surface area contributed by atoms with Gasteiger partial charge in [-0.2, -0.15) is 0 Å². The highest BCUT2D eigenvalue weighted by Crippen LogP contribution is 2.18. The predicted molar refractivity (Wildman–Crippen MR) is 46.2 cm³/mol. The van der Waals surface area contributed by atoms with Gasteiger partial charge in [0.25, 0.3) is 0 Å². The monoisotopic (exact) mass is 163 g/mol. The molecule has 0 unspecified atom stereocenters. The summed E-state index contributed by atoms with van der Waals surface area (Å²) in [4.78, 5) is 4.95. The van der Waals surface area contributed by atoms with Gasteiger partial charge in [-0.15, -0.1) is 0 Å². The Morgan fingerprint density at radius 3 is 2.56 bits per heavy atom. The van der Waals surface area contributed by atoms with E-state index in [2.05, 4.69) is 4.99 Å². The smallest absolute Gasteiger partial charge is 0.162 e. The van der Waals surface area contributed by atoms with Gasteiger partial charge in [-0.25, -0.2) is 0 Å². The molecular formula is C6H10ClNS. The van der Waals surface area contributed by atoms with Crippen LogP contribution in [0.15, 0.2) is 16.0 Å². The topological polar surface area (TPSA) is 12.4 Å². The second kappa shape index (κ2) is 4.89. The average molecular weight is 164 g/mol. The molecular weight excluding hydrogens is 154 g/mol. The Morgan fingerprint density at radius 2 is 2.22 bits per heavy atom. The maximum absolute atomic E-state index is 5.61. The van der Waals surface area contributed by atoms with Gasteiger partial charge in [0.15, 0.2) is 4.50 Å². The lowest BCUT2D eigenvalue weighted by atomic mass is 10.6. The largest absolute Gasteiger partial charge is 0.270 e. The first-order valence-corrected chi connectivity index (χ1v) is 3.83. The van der Waals surface area contributed by atoms with Crippen molar-refractivity contribution in [3.63, 3.8) is 0 Å². The molecule has 0 rings (SSSR count). The van der Waals surface area contributed by atoms with Crippen LogP contribution in [0.25, 0.3) is 0 Å². The zero-order valence-electron chi connectivity index (χ0n) is 5.81. The molecule has 0 aromatic rings. The van der Waals surface area contributed by atoms with E-state index < -0.39 is 0 Å². The highest BCUT2D eigenvalue weighted by molar-refractivity contribution is 8.19. The van der Waals surface area contributed by atoms with Crippen molar-refractivity contribution < 1.29 is 0 Å². The van der Waals surface area contributed by atoms with Crippen LogP contribution in [0.3, 0.4) is 0 Å². The van der Waals surface area contributed by atoms with E-state index in [1.807, 2.05) is 19.9 Å². The highest BCUT2D eigenvalue weighted by Gasteiger charge is 1.92. The van der Waals surface area contributed by atoms with E-state index in [-0.39, 0.29) is 0 Å². The Bertz CT molecular complexity index is 124. The zero-order chi connectivity index (χ0) is 7.28. The van der Waals surface area contributed by atoms with Gasteiger partial charge in [-0.1, -0.05) is 29.4 Å². The van der Waals surface area contributed by atoms with Crippen molar-refractivity contribution in [2.24, 2.45) is 4.99 Å². The van der Waals surface area contributed by atoms with Gasteiger partial charge in [0.05, 0.1) is 0 Å². The number of rotatable bonds is 1. The zero-order valence-corrected chi connectivity index (χ0v) is 7.38. The summed E-state index contributed by atoms with van der Waals surface area (Å²) in [6.45, 7) is 3.97. The first-order valence-electron chi connectivity index (χ1n) is 2.63. The van der Waals surface area contributed by atoms with Gasteiger partial charge >= 0.3 is 0 Å². The van der Waals surface area contributed by atoms with Crippen molar-refractivity contribution in [3.05, 3.63) is 11.0 Å². The lowest BCUT2D eigenvalue weighted by Gasteiger charge is -1.93. The maximum Gasteiger partial charge on any atom is 0.162 e. The number of halogens is 1. The van der Waals surface area contributed by atoms with E-state index in [1.54, 1.807) is 7.05 Å². The molecule has 0 aromatic carbocycles. The summed E-state index contributed by atoms with van der Waals surface area (Å²) in [7, 11) is 1.68. The molecule has 0 saturated carbocycles. The summed E-state index contributed by atoms with van der Waals surface area (Å²) in [6.07, 6.45) is 2.00. The molecule has 3 heteroatoms. The van der Waals surface area contributed by atoms with Gasteiger partial charge in [0.1, 0.15) is 0 Å². The first kappa shape index (κ1) is 9.05. The molecule has 1 nitrogen and oxygen atoms in total. The van der Waals surface area contributed by atoms with Crippen molar-refractivity contribution >= 4 is 27.9 Å². The van der Waals surface area contributed by atoms with Crippen LogP contribution in [0.1, 0.15) is 13.8 Å². The minimum absolute atomic E-state index is 0.589. The van der Waals surface area contributed by atoms with Gasteiger partial charge in [-0.05, 0) is 18.8 Å². The number of hydrogen-bond donors (Lipinski definition) is 0. The third-order valence-corrected chi connectivity index (χ3v) is 2.14. The maximum atomic E-state index is 5.61. The van der Waals surface area contributed by atoms with Crippen molar-refractivity contribution in [1.82, 2.24) is 0 Å². The number of hydrogen-bond acceptors (Lipinski definition) is 2. The van der Waals surface area contributed by atoms with E-state index in [4.69, 9.17) is 11.6 Å². The highest BCUT2D eigenvalue weighted by atomic mass is 35.5. The normalized spacial score (nSPS) is 14.2. The van der Waals surface area contributed by atoms with Crippen LogP contribution in [-0.4, -0.2) is 11.6 Å². The number of thioether (sulfide) groups is 1. The van der Waals surface area contributed by atoms with Crippen molar-refractivity contribution in [2.45, 2.75) is 13.8 Å². The Kier molecular flexibility index (Phi) is 4.91. The molecule has 0 aliphatic heterocycles. The third kappa shape index (κ3) is 4.55. The molecule has 0 aliphatic carbocycles. The van der Waals surface area contributed by atoms with Crippen molar-refractivity contribution in [1.29, 1.82) is 0 Å². The van der Waals surface area contributed by atoms with Crippen LogP contribution in [0.4, 0.5) is 0 Å². The van der Waals surface area contributed by atoms with E-state index in [0.29, 0.717) is 4.50 Å². The van der Waals surface area contributed by atoms with Gasteiger partial charge < -0.3 is 0 Å². The molecule has 0 N–H and O–H groups in total. The van der Waals surface area contributed by atoms with Gasteiger partial charge in [0, 0.05) is 7.05 Å². The number of aliphatic imine (C=N–C) groups is 1. The van der Waals surface area contributed by atoms with E-state index in [9.17, 15) is 0 Å². The van der Waals surface area contributed by atoms with E-state index in [0.717, 1.165) is 0 Å². The molecule has 0 aliphatic rings. The Hall–Kier alpha value is 0.0500. The minimum Gasteiger partial charge on any atom is -0.270 e. The summed E-state index contributed by atoms with van der Waals surface area (Å²) in [6, 6.07) is 0. The molecule has 0 bridgehead atoms. The Labute approximate surface area is 65.2 Å². The lowest BCUT2D eigenvalue weighted by molar-refractivity contribution is 1.48. The van der Waals surface area contributed by atoms with E-state index in [1.165, 1.54) is 16.7 Å². The molecule has 0 spiro atoms. The third-order valence-electron chi connectivity index (χ3n) is 0.828. The minimum atomic E-state index is 0.589. The van der Waals surface area contributed by atoms with Crippen LogP contribution in [-0.2, 0) is 0 Å². The molecule has 52 valence electrons. The Balaban J connectivity index is 3.75. The SMILES string of the molecule is C/C=C(/C)SC(Cl)=NC. The van der Waals surface area contributed by atoms with Crippen LogP contribution in [0.5, 0.6) is 0 Å². The predicted octanol–water partition coefficient (Wildman–Crippen LogP) is 2.87. The molecule has 0 radical (unpaired) electrons. The second-order valence-electron chi connectivity index (χ2n) is 1.48. The summed E-state index contributed by atoms with van der Waals surface area (Å²) in [5.74, 6) is 0. The fourth-order valence-corrected chi connectivity index (χ4v) is 1.08. The summed E-state index contributed by atoms with van der Waals surface area (Å²) in [5.41, 5.74) is 0. The molecule has 0 saturated heterocycles. The number of allylic oxidation sites excluding steroid dienone is 2. The van der Waals surface area contributed by atoms with Crippen molar-refractivity contribution in [2.75, 3.05) is 7.05 Å². The van der Waals surface area contributed by atoms with Crippen LogP contribution in [0, 0.1) is 0 Å². The van der Waals surface area contributed by atoms with E-state index >= 15 is 0 Å². The van der Waals surface area contributed by atoms with Crippen LogP contribution < -0.4 is 0 Å². The molecule has 0 aromatic heterocycles. The summed E-state index contributed by atoms with van der Waals surface area (Å²) in [5, 5.41) is 0.